The van der Waals surface area contributed by atoms with Gasteiger partial charge >= 0.3 is 0 Å². The quantitative estimate of drug-likeness (QED) is 0.868. The lowest BCUT2D eigenvalue weighted by Crippen LogP contribution is -2.48. The third kappa shape index (κ3) is 3.40. The molecule has 1 unspecified atom stereocenters. The molecule has 0 saturated carbocycles. The van der Waals surface area contributed by atoms with Gasteiger partial charge in [-0.25, -0.2) is 0 Å². The highest BCUT2D eigenvalue weighted by Gasteiger charge is 2.32. The Morgan fingerprint density at radius 3 is 2.88 bits per heavy atom. The van der Waals surface area contributed by atoms with E-state index in [0.717, 1.165) is 12.1 Å². The van der Waals surface area contributed by atoms with Gasteiger partial charge in [0.2, 0.25) is 6.79 Å². The van der Waals surface area contributed by atoms with Gasteiger partial charge in [-0.05, 0) is 29.8 Å². The largest absolute Gasteiger partial charge is 0.454 e. The lowest BCUT2D eigenvalue weighted by molar-refractivity contribution is 0.0630. The van der Waals surface area contributed by atoms with Crippen molar-refractivity contribution in [3.05, 3.63) is 58.6 Å². The number of nitrogens with zero attached hydrogens (tertiary/aromatic N) is 1. The number of para-hydroxylation sites is 1. The van der Waals surface area contributed by atoms with Gasteiger partial charge < -0.3 is 19.7 Å². The molecule has 132 valence electrons. The fraction of sp³-hybridized carbons (Fsp3) is 0.278. The van der Waals surface area contributed by atoms with Crippen molar-refractivity contribution in [2.24, 2.45) is 0 Å². The van der Waals surface area contributed by atoms with Gasteiger partial charge in [-0.15, -0.1) is 12.4 Å². The standard InChI is InChI=1S/C18H17ClN2O3.ClH/c19-13-4-1-3-12(9-13)15-10-20-7-8-21(15)18(22)14-5-2-6-16-17(14)24-11-23-16;/h1-6,9,15,20H,7-8,10-11H2;1H. The number of hydrogen-bond donors (Lipinski definition) is 1. The molecule has 4 rings (SSSR count). The van der Waals surface area contributed by atoms with Crippen LogP contribution in [0, 0.1) is 0 Å². The zero-order valence-electron chi connectivity index (χ0n) is 13.4. The van der Waals surface area contributed by atoms with E-state index in [9.17, 15) is 4.79 Å². The second-order valence-electron chi connectivity index (χ2n) is 5.81. The molecule has 5 nitrogen and oxygen atoms in total. The van der Waals surface area contributed by atoms with Crippen molar-refractivity contribution in [2.45, 2.75) is 6.04 Å². The first-order chi connectivity index (χ1) is 11.7. The number of fused-ring (bicyclic) bond motifs is 1. The number of halogens is 2. The highest BCUT2D eigenvalue weighted by Crippen LogP contribution is 2.37. The van der Waals surface area contributed by atoms with Gasteiger partial charge in [-0.1, -0.05) is 29.8 Å². The Kier molecular flexibility index (Phi) is 5.37. The van der Waals surface area contributed by atoms with E-state index in [1.165, 1.54) is 0 Å². The van der Waals surface area contributed by atoms with E-state index in [0.29, 0.717) is 35.2 Å². The molecule has 1 amide bonds. The van der Waals surface area contributed by atoms with E-state index < -0.39 is 0 Å². The van der Waals surface area contributed by atoms with Crippen molar-refractivity contribution < 1.29 is 14.3 Å². The fourth-order valence-corrected chi connectivity index (χ4v) is 3.41. The molecule has 0 bridgehead atoms. The van der Waals surface area contributed by atoms with Crippen molar-refractivity contribution in [3.8, 4) is 11.5 Å². The minimum absolute atomic E-state index is 0. The third-order valence-corrected chi connectivity index (χ3v) is 4.60. The van der Waals surface area contributed by atoms with Crippen LogP contribution in [0.5, 0.6) is 11.5 Å². The first-order valence-electron chi connectivity index (χ1n) is 7.90. The van der Waals surface area contributed by atoms with E-state index in [1.54, 1.807) is 6.07 Å². The summed E-state index contributed by atoms with van der Waals surface area (Å²) in [7, 11) is 0. The Labute approximate surface area is 157 Å². The maximum absolute atomic E-state index is 13.2. The van der Waals surface area contributed by atoms with Gasteiger partial charge in [0.15, 0.2) is 11.5 Å². The van der Waals surface area contributed by atoms with E-state index in [-0.39, 0.29) is 31.1 Å². The Balaban J connectivity index is 0.00000182. The second-order valence-corrected chi connectivity index (χ2v) is 6.25. The van der Waals surface area contributed by atoms with Crippen LogP contribution in [0.25, 0.3) is 0 Å². The van der Waals surface area contributed by atoms with Crippen molar-refractivity contribution in [1.82, 2.24) is 10.2 Å². The number of benzene rings is 2. The number of carbonyl (C=O) groups excluding carboxylic acids is 1. The summed E-state index contributed by atoms with van der Waals surface area (Å²) in [6.07, 6.45) is 0. The van der Waals surface area contributed by atoms with Crippen LogP contribution in [0.2, 0.25) is 5.02 Å². The highest BCUT2D eigenvalue weighted by atomic mass is 35.5. The predicted octanol–water partition coefficient (Wildman–Crippen LogP) is 3.28. The van der Waals surface area contributed by atoms with E-state index in [2.05, 4.69) is 5.32 Å². The number of rotatable bonds is 2. The van der Waals surface area contributed by atoms with Gasteiger partial charge in [-0.2, -0.15) is 0 Å². The number of carbonyl (C=O) groups is 1. The molecule has 1 N–H and O–H groups in total. The average molecular weight is 381 g/mol. The van der Waals surface area contributed by atoms with Crippen LogP contribution in [-0.4, -0.2) is 37.2 Å². The molecule has 2 aromatic carbocycles. The first-order valence-corrected chi connectivity index (χ1v) is 8.27. The molecule has 1 saturated heterocycles. The molecule has 0 radical (unpaired) electrons. The summed E-state index contributed by atoms with van der Waals surface area (Å²) in [5.41, 5.74) is 1.56. The number of amides is 1. The van der Waals surface area contributed by atoms with E-state index in [1.807, 2.05) is 41.3 Å². The van der Waals surface area contributed by atoms with Gasteiger partial charge in [0.25, 0.3) is 5.91 Å². The first kappa shape index (κ1) is 17.9. The van der Waals surface area contributed by atoms with E-state index >= 15 is 0 Å². The normalized spacial score (nSPS) is 18.6. The Morgan fingerprint density at radius 1 is 1.20 bits per heavy atom. The lowest BCUT2D eigenvalue weighted by Gasteiger charge is -2.36. The molecular formula is C18H18Cl2N2O3. The van der Waals surface area contributed by atoms with Crippen LogP contribution in [0.15, 0.2) is 42.5 Å². The van der Waals surface area contributed by atoms with Gasteiger partial charge in [0.1, 0.15) is 0 Å². The molecule has 2 aromatic rings. The second kappa shape index (κ2) is 7.52. The molecule has 2 aliphatic rings. The summed E-state index contributed by atoms with van der Waals surface area (Å²) in [4.78, 5) is 15.0. The van der Waals surface area contributed by atoms with Crippen LogP contribution in [0.1, 0.15) is 22.0 Å². The zero-order valence-corrected chi connectivity index (χ0v) is 15.0. The predicted molar refractivity (Wildman–Crippen MR) is 97.9 cm³/mol. The van der Waals surface area contributed by atoms with Crippen LogP contribution in [-0.2, 0) is 0 Å². The number of nitrogens with one attached hydrogen (secondary N) is 1. The smallest absolute Gasteiger partial charge is 0.258 e. The SMILES string of the molecule is Cl.O=C(c1cccc2c1OCO2)N1CCNCC1c1cccc(Cl)c1. The molecule has 2 aliphatic heterocycles. The molecule has 0 spiro atoms. The Bertz CT molecular complexity index is 785. The van der Waals surface area contributed by atoms with Gasteiger partial charge in [0.05, 0.1) is 11.6 Å². The monoisotopic (exact) mass is 380 g/mol. The van der Waals surface area contributed by atoms with E-state index in [4.69, 9.17) is 21.1 Å². The topological polar surface area (TPSA) is 50.8 Å². The Hall–Kier alpha value is -1.95. The number of piperazine rings is 1. The molecule has 1 atom stereocenters. The molecule has 7 heteroatoms. The fourth-order valence-electron chi connectivity index (χ4n) is 3.21. The summed E-state index contributed by atoms with van der Waals surface area (Å²) in [5, 5.41) is 4.02. The summed E-state index contributed by atoms with van der Waals surface area (Å²) in [6, 6.07) is 13.0. The highest BCUT2D eigenvalue weighted by molar-refractivity contribution is 6.30. The van der Waals surface area contributed by atoms with Gasteiger partial charge in [0, 0.05) is 24.7 Å². The summed E-state index contributed by atoms with van der Waals surface area (Å²) < 4.78 is 10.9. The van der Waals surface area contributed by atoms with Crippen LogP contribution < -0.4 is 14.8 Å². The maximum Gasteiger partial charge on any atom is 0.258 e. The molecule has 1 fully saturated rings. The minimum Gasteiger partial charge on any atom is -0.454 e. The molecule has 0 aromatic heterocycles. The molecule has 0 aliphatic carbocycles. The van der Waals surface area contributed by atoms with Crippen LogP contribution >= 0.6 is 24.0 Å². The van der Waals surface area contributed by atoms with Crippen LogP contribution in [0.4, 0.5) is 0 Å². The summed E-state index contributed by atoms with van der Waals surface area (Å²) in [6.45, 7) is 2.23. The van der Waals surface area contributed by atoms with Crippen LogP contribution in [0.3, 0.4) is 0 Å². The minimum atomic E-state index is -0.0665. The third-order valence-electron chi connectivity index (χ3n) is 4.36. The lowest BCUT2D eigenvalue weighted by atomic mass is 10.0. The van der Waals surface area contributed by atoms with Crippen molar-refractivity contribution >= 4 is 29.9 Å². The summed E-state index contributed by atoms with van der Waals surface area (Å²) >= 11 is 6.12. The van der Waals surface area contributed by atoms with Crippen molar-refractivity contribution in [2.75, 3.05) is 26.4 Å². The molecular weight excluding hydrogens is 363 g/mol. The molecule has 25 heavy (non-hydrogen) atoms. The average Bonchev–Trinajstić information content (AvgIpc) is 3.10. The summed E-state index contributed by atoms with van der Waals surface area (Å²) in [5.74, 6) is 1.10. The zero-order chi connectivity index (χ0) is 16.5. The number of ether oxygens (including phenoxy) is 2. The maximum atomic E-state index is 13.2. The van der Waals surface area contributed by atoms with Crippen molar-refractivity contribution in [3.63, 3.8) is 0 Å². The molecule has 2 heterocycles. The van der Waals surface area contributed by atoms with Crippen molar-refractivity contribution in [1.29, 1.82) is 0 Å². The Morgan fingerprint density at radius 2 is 2.04 bits per heavy atom. The number of hydrogen-bond acceptors (Lipinski definition) is 4. The van der Waals surface area contributed by atoms with Gasteiger partial charge in [-0.3, -0.25) is 4.79 Å².